The molecule has 0 amide bonds. The predicted molar refractivity (Wildman–Crippen MR) is 132 cm³/mol. The molecule has 5 rings (SSSR count). The van der Waals surface area contributed by atoms with Crippen molar-refractivity contribution in [3.63, 3.8) is 0 Å². The van der Waals surface area contributed by atoms with Gasteiger partial charge in [0.15, 0.2) is 0 Å². The van der Waals surface area contributed by atoms with E-state index < -0.39 is 26.8 Å². The zero-order valence-electron chi connectivity index (χ0n) is 18.0. The van der Waals surface area contributed by atoms with E-state index in [9.17, 15) is 21.6 Å². The Hall–Kier alpha value is -2.68. The van der Waals surface area contributed by atoms with Gasteiger partial charge in [-0.05, 0) is 72.0 Å². The summed E-state index contributed by atoms with van der Waals surface area (Å²) in [6, 6.07) is 15.2. The van der Waals surface area contributed by atoms with Gasteiger partial charge in [-0.3, -0.25) is 4.72 Å². The molecule has 3 aromatic carbocycles. The monoisotopic (exact) mass is 538 g/mol. The largest absolute Gasteiger partial charge is 0.417 e. The summed E-state index contributed by atoms with van der Waals surface area (Å²) < 4.78 is 68.0. The standard InChI is InChI=1S/C25H19Cl2F3N2O2S/c26-15-4-1-3-14(11-15)24-19-6-2-5-18(19)20-13-17(8-10-23(20)31-24)35(33,34)32-16-7-9-22(27)21(12-16)25(28,29)30/h1-5,7-13,18-19,24,31-32H,6H2/t18-,19+,24+/m0/s1. The number of hydrogen-bond acceptors (Lipinski definition) is 3. The van der Waals surface area contributed by atoms with Crippen LogP contribution >= 0.6 is 23.2 Å². The van der Waals surface area contributed by atoms with E-state index in [1.54, 1.807) is 12.1 Å². The number of sulfonamides is 1. The number of benzene rings is 3. The number of halogens is 5. The predicted octanol–water partition coefficient (Wildman–Crippen LogP) is 7.64. The summed E-state index contributed by atoms with van der Waals surface area (Å²) in [7, 11) is -4.15. The van der Waals surface area contributed by atoms with Crippen molar-refractivity contribution in [3.05, 3.63) is 99.6 Å². The molecule has 35 heavy (non-hydrogen) atoms. The van der Waals surface area contributed by atoms with Gasteiger partial charge in [-0.25, -0.2) is 8.42 Å². The Morgan fingerprint density at radius 2 is 1.80 bits per heavy atom. The van der Waals surface area contributed by atoms with Crippen molar-refractivity contribution in [2.45, 2.75) is 29.5 Å². The quantitative estimate of drug-likeness (QED) is 0.335. The number of alkyl halides is 3. The first kappa shape index (κ1) is 24.0. The normalized spacial score (nSPS) is 21.2. The van der Waals surface area contributed by atoms with Gasteiger partial charge in [0, 0.05) is 22.3 Å². The number of rotatable bonds is 4. The van der Waals surface area contributed by atoms with Crippen LogP contribution in [0.3, 0.4) is 0 Å². The molecule has 0 saturated heterocycles. The third-order valence-electron chi connectivity index (χ3n) is 6.38. The molecule has 0 fully saturated rings. The lowest BCUT2D eigenvalue weighted by molar-refractivity contribution is -0.137. The van der Waals surface area contributed by atoms with E-state index in [0.29, 0.717) is 11.1 Å². The van der Waals surface area contributed by atoms with Crippen LogP contribution in [-0.4, -0.2) is 8.42 Å². The Bertz CT molecular complexity index is 1440. The number of anilines is 2. The fourth-order valence-corrected chi connectivity index (χ4v) is 6.30. The van der Waals surface area contributed by atoms with Gasteiger partial charge in [0.05, 0.1) is 21.5 Å². The molecule has 3 atom stereocenters. The maximum atomic E-state index is 13.2. The highest BCUT2D eigenvalue weighted by atomic mass is 35.5. The van der Waals surface area contributed by atoms with Crippen molar-refractivity contribution in [1.82, 2.24) is 0 Å². The smallest absolute Gasteiger partial charge is 0.378 e. The zero-order chi connectivity index (χ0) is 25.0. The van der Waals surface area contributed by atoms with Gasteiger partial charge in [0.2, 0.25) is 0 Å². The van der Waals surface area contributed by atoms with Crippen molar-refractivity contribution in [2.24, 2.45) is 5.92 Å². The van der Waals surface area contributed by atoms with Crippen LogP contribution in [0.4, 0.5) is 24.5 Å². The van der Waals surface area contributed by atoms with E-state index >= 15 is 0 Å². The van der Waals surface area contributed by atoms with Crippen LogP contribution in [0.5, 0.6) is 0 Å². The van der Waals surface area contributed by atoms with Crippen LogP contribution in [0, 0.1) is 5.92 Å². The fourth-order valence-electron chi connectivity index (χ4n) is 4.79. The van der Waals surface area contributed by atoms with Crippen LogP contribution in [0.15, 0.2) is 77.7 Å². The van der Waals surface area contributed by atoms with E-state index in [1.807, 2.05) is 24.3 Å². The second kappa shape index (κ2) is 8.76. The molecule has 0 aromatic heterocycles. The summed E-state index contributed by atoms with van der Waals surface area (Å²) >= 11 is 11.8. The molecule has 0 bridgehead atoms. The number of hydrogen-bond donors (Lipinski definition) is 2. The van der Waals surface area contributed by atoms with E-state index in [2.05, 4.69) is 22.2 Å². The van der Waals surface area contributed by atoms with Gasteiger partial charge in [-0.15, -0.1) is 0 Å². The Labute approximate surface area is 210 Å². The lowest BCUT2D eigenvalue weighted by atomic mass is 9.77. The molecule has 3 aromatic rings. The van der Waals surface area contributed by atoms with Crippen LogP contribution in [0.25, 0.3) is 0 Å². The highest BCUT2D eigenvalue weighted by Crippen LogP contribution is 2.50. The van der Waals surface area contributed by atoms with Crippen LogP contribution in [-0.2, 0) is 16.2 Å². The highest BCUT2D eigenvalue weighted by molar-refractivity contribution is 7.92. The van der Waals surface area contributed by atoms with Gasteiger partial charge >= 0.3 is 6.18 Å². The molecule has 2 N–H and O–H groups in total. The second-order valence-corrected chi connectivity index (χ2v) is 11.1. The van der Waals surface area contributed by atoms with Crippen molar-refractivity contribution < 1.29 is 21.6 Å². The molecular weight excluding hydrogens is 520 g/mol. The first-order valence-corrected chi connectivity index (χ1v) is 13.0. The van der Waals surface area contributed by atoms with Crippen LogP contribution in [0.2, 0.25) is 10.0 Å². The third-order valence-corrected chi connectivity index (χ3v) is 8.32. The van der Waals surface area contributed by atoms with Gasteiger partial charge in [0.1, 0.15) is 0 Å². The number of nitrogens with one attached hydrogen (secondary N) is 2. The molecule has 0 radical (unpaired) electrons. The summed E-state index contributed by atoms with van der Waals surface area (Å²) in [4.78, 5) is -0.0400. The van der Waals surface area contributed by atoms with Gasteiger partial charge in [0.25, 0.3) is 10.0 Å². The number of allylic oxidation sites excluding steroid dienone is 2. The second-order valence-electron chi connectivity index (χ2n) is 8.58. The lowest BCUT2D eigenvalue weighted by Crippen LogP contribution is -2.29. The third kappa shape index (κ3) is 4.62. The maximum Gasteiger partial charge on any atom is 0.417 e. The lowest BCUT2D eigenvalue weighted by Gasteiger charge is -2.37. The SMILES string of the molecule is O=S(=O)(Nc1ccc(Cl)c(C(F)(F)F)c1)c1ccc2c(c1)[C@H]1C=CC[C@H]1[C@@H](c1cccc(Cl)c1)N2. The molecule has 1 heterocycles. The maximum absolute atomic E-state index is 13.2. The molecule has 1 aliphatic carbocycles. The first-order valence-electron chi connectivity index (χ1n) is 10.7. The van der Waals surface area contributed by atoms with Gasteiger partial charge in [-0.2, -0.15) is 13.2 Å². The topological polar surface area (TPSA) is 58.2 Å². The Kier molecular flexibility index (Phi) is 6.02. The molecule has 1 aliphatic heterocycles. The summed E-state index contributed by atoms with van der Waals surface area (Å²) in [5, 5.41) is 3.65. The summed E-state index contributed by atoms with van der Waals surface area (Å²) in [6.45, 7) is 0. The molecular formula is C25H19Cl2F3N2O2S. The van der Waals surface area contributed by atoms with E-state index in [-0.39, 0.29) is 28.5 Å². The molecule has 0 unspecified atom stereocenters. The van der Waals surface area contributed by atoms with Crippen LogP contribution in [0.1, 0.15) is 35.1 Å². The van der Waals surface area contributed by atoms with E-state index in [0.717, 1.165) is 29.3 Å². The van der Waals surface area contributed by atoms with Crippen molar-refractivity contribution in [1.29, 1.82) is 0 Å². The minimum Gasteiger partial charge on any atom is -0.378 e. The fraction of sp³-hybridized carbons (Fsp3) is 0.200. The number of fused-ring (bicyclic) bond motifs is 3. The molecule has 4 nitrogen and oxygen atoms in total. The summed E-state index contributed by atoms with van der Waals surface area (Å²) in [5.74, 6) is 0.148. The average Bonchev–Trinajstić information content (AvgIpc) is 3.29. The Morgan fingerprint density at radius 3 is 2.54 bits per heavy atom. The molecule has 182 valence electrons. The first-order chi connectivity index (χ1) is 16.5. The van der Waals surface area contributed by atoms with E-state index in [1.165, 1.54) is 12.1 Å². The van der Waals surface area contributed by atoms with E-state index in [4.69, 9.17) is 23.2 Å². The van der Waals surface area contributed by atoms with Crippen LogP contribution < -0.4 is 10.0 Å². The Morgan fingerprint density at radius 1 is 1.00 bits per heavy atom. The minimum absolute atomic E-state index is 0.00311. The molecule has 10 heteroatoms. The molecule has 0 saturated carbocycles. The van der Waals surface area contributed by atoms with Crippen molar-refractivity contribution in [3.8, 4) is 0 Å². The van der Waals surface area contributed by atoms with Gasteiger partial charge in [-0.1, -0.05) is 47.5 Å². The van der Waals surface area contributed by atoms with Crippen molar-refractivity contribution >= 4 is 44.6 Å². The average molecular weight is 539 g/mol. The molecule has 0 spiro atoms. The van der Waals surface area contributed by atoms with Crippen molar-refractivity contribution in [2.75, 3.05) is 10.0 Å². The van der Waals surface area contributed by atoms with Gasteiger partial charge < -0.3 is 5.32 Å². The zero-order valence-corrected chi connectivity index (χ0v) is 20.3. The minimum atomic E-state index is -4.71. The molecule has 2 aliphatic rings. The highest BCUT2D eigenvalue weighted by Gasteiger charge is 2.39. The summed E-state index contributed by atoms with van der Waals surface area (Å²) in [6.07, 6.45) is 0.254. The Balaban J connectivity index is 1.47. The summed E-state index contributed by atoms with van der Waals surface area (Å²) in [5.41, 5.74) is 1.32.